The second-order valence-electron chi connectivity index (χ2n) is 1.26. The van der Waals surface area contributed by atoms with Gasteiger partial charge in [-0.05, 0) is 12.1 Å². The summed E-state index contributed by atoms with van der Waals surface area (Å²) in [6, 6.07) is 1.22. The molecule has 0 saturated carbocycles. The molecule has 1 heterocycles. The minimum atomic E-state index is -0.558. The molecule has 0 unspecified atom stereocenters. The molecule has 0 saturated heterocycles. The predicted molar refractivity (Wildman–Crippen MR) is 32.5 cm³/mol. The quantitative estimate of drug-likeness (QED) is 0.539. The Kier molecular flexibility index (Phi) is 3.67. The number of nitrogens with zero attached hydrogens (tertiary/aromatic N) is 1. The summed E-state index contributed by atoms with van der Waals surface area (Å²) in [5.74, 6) is -0.0602. The van der Waals surface area contributed by atoms with E-state index < -0.39 is 5.95 Å². The molecule has 9 heavy (non-hydrogen) atoms. The van der Waals surface area contributed by atoms with Crippen LogP contribution in [0.4, 0.5) is 4.39 Å². The molecule has 0 aliphatic carbocycles. The summed E-state index contributed by atoms with van der Waals surface area (Å²) in [6.07, 6.45) is 0. The highest BCUT2D eigenvalue weighted by Crippen LogP contribution is 1.96. The molecular weight excluding hydrogens is 121 g/mol. The molecule has 2 nitrogen and oxygen atoms in total. The van der Waals surface area contributed by atoms with Gasteiger partial charge in [0.05, 0.1) is 0 Å². The SMILES string of the molecule is CC.Cc1cc(F)no1. The van der Waals surface area contributed by atoms with Crippen molar-refractivity contribution in [3.63, 3.8) is 0 Å². The molecule has 0 N–H and O–H groups in total. The maximum atomic E-state index is 11.7. The predicted octanol–water partition coefficient (Wildman–Crippen LogP) is 2.15. The average Bonchev–Trinajstić information content (AvgIpc) is 2.20. The normalized spacial score (nSPS) is 8.00. The summed E-state index contributed by atoms with van der Waals surface area (Å²) in [7, 11) is 0. The van der Waals surface area contributed by atoms with Gasteiger partial charge in [-0.3, -0.25) is 0 Å². The zero-order valence-electron chi connectivity index (χ0n) is 5.81. The second-order valence-corrected chi connectivity index (χ2v) is 1.26. The van der Waals surface area contributed by atoms with E-state index in [0.29, 0.717) is 5.76 Å². The van der Waals surface area contributed by atoms with Crippen LogP contribution in [-0.4, -0.2) is 5.16 Å². The van der Waals surface area contributed by atoms with E-state index >= 15 is 0 Å². The van der Waals surface area contributed by atoms with Gasteiger partial charge in [-0.2, -0.15) is 4.39 Å². The Labute approximate surface area is 53.7 Å². The lowest BCUT2D eigenvalue weighted by molar-refractivity contribution is 0.360. The molecule has 0 aliphatic rings. The van der Waals surface area contributed by atoms with Gasteiger partial charge < -0.3 is 4.52 Å². The van der Waals surface area contributed by atoms with Crippen LogP contribution in [0.1, 0.15) is 19.6 Å². The van der Waals surface area contributed by atoms with Crippen LogP contribution in [0.15, 0.2) is 10.6 Å². The Morgan fingerprint density at radius 2 is 2.11 bits per heavy atom. The van der Waals surface area contributed by atoms with Crippen LogP contribution < -0.4 is 0 Å². The van der Waals surface area contributed by atoms with Gasteiger partial charge in [0.1, 0.15) is 5.76 Å². The first-order valence-corrected chi connectivity index (χ1v) is 2.88. The number of halogens is 1. The third-order valence-electron chi connectivity index (χ3n) is 0.599. The van der Waals surface area contributed by atoms with E-state index in [-0.39, 0.29) is 0 Å². The molecule has 0 aliphatic heterocycles. The number of rotatable bonds is 0. The van der Waals surface area contributed by atoms with Crippen LogP contribution in [0.5, 0.6) is 0 Å². The molecule has 1 rings (SSSR count). The van der Waals surface area contributed by atoms with Gasteiger partial charge in [-0.1, -0.05) is 13.8 Å². The molecule has 1 aromatic heterocycles. The Bertz CT molecular complexity index is 145. The van der Waals surface area contributed by atoms with Crippen molar-refractivity contribution < 1.29 is 8.91 Å². The van der Waals surface area contributed by atoms with Gasteiger partial charge in [0.15, 0.2) is 0 Å². The first kappa shape index (κ1) is 8.14. The van der Waals surface area contributed by atoms with Gasteiger partial charge in [0.2, 0.25) is 0 Å². The summed E-state index contributed by atoms with van der Waals surface area (Å²) in [6.45, 7) is 5.64. The summed E-state index contributed by atoms with van der Waals surface area (Å²) < 4.78 is 16.1. The largest absolute Gasteiger partial charge is 0.359 e. The number of hydrogen-bond donors (Lipinski definition) is 0. The zero-order valence-corrected chi connectivity index (χ0v) is 5.81. The van der Waals surface area contributed by atoms with E-state index in [1.54, 1.807) is 6.92 Å². The molecule has 0 bridgehead atoms. The first-order chi connectivity index (χ1) is 4.29. The molecule has 0 spiro atoms. The van der Waals surface area contributed by atoms with E-state index in [1.165, 1.54) is 6.07 Å². The van der Waals surface area contributed by atoms with Crippen molar-refractivity contribution in [1.29, 1.82) is 0 Å². The summed E-state index contributed by atoms with van der Waals surface area (Å²) in [4.78, 5) is 0. The minimum absolute atomic E-state index is 0.498. The van der Waals surface area contributed by atoms with Crippen LogP contribution in [-0.2, 0) is 0 Å². The van der Waals surface area contributed by atoms with E-state index in [2.05, 4.69) is 9.68 Å². The van der Waals surface area contributed by atoms with Crippen molar-refractivity contribution in [3.05, 3.63) is 17.8 Å². The molecule has 0 radical (unpaired) electrons. The Morgan fingerprint density at radius 1 is 1.56 bits per heavy atom. The molecule has 0 amide bonds. The van der Waals surface area contributed by atoms with Crippen molar-refractivity contribution in [1.82, 2.24) is 5.16 Å². The summed E-state index contributed by atoms with van der Waals surface area (Å²) in [5.41, 5.74) is 0. The molecule has 0 atom stereocenters. The van der Waals surface area contributed by atoms with Gasteiger partial charge in [-0.25, -0.2) is 0 Å². The van der Waals surface area contributed by atoms with Crippen molar-refractivity contribution in [2.45, 2.75) is 20.8 Å². The van der Waals surface area contributed by atoms with E-state index in [4.69, 9.17) is 0 Å². The van der Waals surface area contributed by atoms with Gasteiger partial charge >= 0.3 is 0 Å². The van der Waals surface area contributed by atoms with Crippen LogP contribution in [0.2, 0.25) is 0 Å². The van der Waals surface area contributed by atoms with Gasteiger partial charge in [0.25, 0.3) is 5.95 Å². The van der Waals surface area contributed by atoms with Crippen molar-refractivity contribution in [3.8, 4) is 0 Å². The molecular formula is C6H10FNO. The standard InChI is InChI=1S/C4H4FNO.C2H6/c1-3-2-4(5)6-7-3;1-2/h2H,1H3;1-2H3. The molecule has 1 aromatic rings. The maximum absolute atomic E-state index is 11.7. The third-order valence-corrected chi connectivity index (χ3v) is 0.599. The zero-order chi connectivity index (χ0) is 7.28. The molecule has 0 fully saturated rings. The third kappa shape index (κ3) is 2.85. The lowest BCUT2D eigenvalue weighted by Crippen LogP contribution is -1.61. The monoisotopic (exact) mass is 131 g/mol. The van der Waals surface area contributed by atoms with Crippen LogP contribution >= 0.6 is 0 Å². The lowest BCUT2D eigenvalue weighted by Gasteiger charge is -1.64. The smallest absolute Gasteiger partial charge is 0.253 e. The highest BCUT2D eigenvalue weighted by Gasteiger charge is 1.92. The molecule has 3 heteroatoms. The average molecular weight is 131 g/mol. The summed E-state index contributed by atoms with van der Waals surface area (Å²) in [5, 5.41) is 2.97. The topological polar surface area (TPSA) is 26.0 Å². The van der Waals surface area contributed by atoms with Crippen molar-refractivity contribution >= 4 is 0 Å². The number of aryl methyl sites for hydroxylation is 1. The van der Waals surface area contributed by atoms with Crippen molar-refractivity contribution in [2.75, 3.05) is 0 Å². The number of hydrogen-bond acceptors (Lipinski definition) is 2. The van der Waals surface area contributed by atoms with Crippen LogP contribution in [0.25, 0.3) is 0 Å². The van der Waals surface area contributed by atoms with Crippen LogP contribution in [0.3, 0.4) is 0 Å². The Hall–Kier alpha value is -0.860. The fourth-order valence-electron chi connectivity index (χ4n) is 0.336. The Balaban J connectivity index is 0.000000291. The van der Waals surface area contributed by atoms with E-state index in [1.807, 2.05) is 13.8 Å². The fraction of sp³-hybridized carbons (Fsp3) is 0.500. The summed E-state index contributed by atoms with van der Waals surface area (Å²) >= 11 is 0. The van der Waals surface area contributed by atoms with E-state index in [9.17, 15) is 4.39 Å². The number of aromatic nitrogens is 1. The fourth-order valence-corrected chi connectivity index (χ4v) is 0.336. The Morgan fingerprint density at radius 3 is 2.22 bits per heavy atom. The maximum Gasteiger partial charge on any atom is 0.253 e. The highest BCUT2D eigenvalue weighted by atomic mass is 19.1. The van der Waals surface area contributed by atoms with Crippen molar-refractivity contribution in [2.24, 2.45) is 0 Å². The van der Waals surface area contributed by atoms with Crippen LogP contribution in [0, 0.1) is 12.9 Å². The second kappa shape index (κ2) is 4.06. The minimum Gasteiger partial charge on any atom is -0.359 e. The highest BCUT2D eigenvalue weighted by molar-refractivity contribution is 4.90. The molecule has 0 aromatic carbocycles. The van der Waals surface area contributed by atoms with Gasteiger partial charge in [-0.15, -0.1) is 0 Å². The molecule has 52 valence electrons. The van der Waals surface area contributed by atoms with Gasteiger partial charge in [0, 0.05) is 6.07 Å². The van der Waals surface area contributed by atoms with E-state index in [0.717, 1.165) is 0 Å². The first-order valence-electron chi connectivity index (χ1n) is 2.88. The lowest BCUT2D eigenvalue weighted by atomic mass is 10.5.